The third-order valence-corrected chi connectivity index (χ3v) is 6.09. The standard InChI is InChI=1S/C26H30N4O/c1-16-13-25(29-15-19(16)14-28-20-11-12-20)26(31)30-24-10-6-8-22(18(24)3)21-7-5-9-23(27-4)17(21)2/h5-10,13,15,20,27-28H,11-12,14H2,1-4H3,(H,30,31). The van der Waals surface area contributed by atoms with Gasteiger partial charge in [-0.05, 0) is 85.2 Å². The van der Waals surface area contributed by atoms with Crippen molar-refractivity contribution in [1.82, 2.24) is 10.3 Å². The van der Waals surface area contributed by atoms with Crippen molar-refractivity contribution in [2.45, 2.75) is 46.2 Å². The number of rotatable bonds is 7. The first-order valence-corrected chi connectivity index (χ1v) is 10.9. The van der Waals surface area contributed by atoms with Crippen molar-refractivity contribution in [3.05, 3.63) is 76.6 Å². The van der Waals surface area contributed by atoms with Gasteiger partial charge in [-0.25, -0.2) is 0 Å². The van der Waals surface area contributed by atoms with Crippen LogP contribution >= 0.6 is 0 Å². The van der Waals surface area contributed by atoms with E-state index in [0.717, 1.165) is 45.7 Å². The highest BCUT2D eigenvalue weighted by Crippen LogP contribution is 2.33. The molecule has 160 valence electrons. The van der Waals surface area contributed by atoms with Crippen molar-refractivity contribution < 1.29 is 4.79 Å². The van der Waals surface area contributed by atoms with Crippen molar-refractivity contribution in [2.75, 3.05) is 17.7 Å². The maximum absolute atomic E-state index is 12.9. The van der Waals surface area contributed by atoms with Crippen LogP contribution in [-0.4, -0.2) is 24.0 Å². The molecule has 1 aliphatic carbocycles. The minimum absolute atomic E-state index is 0.189. The van der Waals surface area contributed by atoms with E-state index in [-0.39, 0.29) is 5.91 Å². The van der Waals surface area contributed by atoms with Crippen LogP contribution in [0.25, 0.3) is 11.1 Å². The average Bonchev–Trinajstić information content (AvgIpc) is 3.59. The molecule has 1 heterocycles. The first-order valence-electron chi connectivity index (χ1n) is 10.9. The Labute approximate surface area is 184 Å². The molecule has 3 N–H and O–H groups in total. The molecule has 31 heavy (non-hydrogen) atoms. The molecule has 5 heteroatoms. The molecule has 0 atom stereocenters. The van der Waals surface area contributed by atoms with Crippen LogP contribution in [0.15, 0.2) is 48.7 Å². The second-order valence-electron chi connectivity index (χ2n) is 8.31. The molecule has 3 aromatic rings. The van der Waals surface area contributed by atoms with Gasteiger partial charge in [0.2, 0.25) is 0 Å². The van der Waals surface area contributed by atoms with Crippen LogP contribution in [0.4, 0.5) is 11.4 Å². The van der Waals surface area contributed by atoms with E-state index in [2.05, 4.69) is 46.1 Å². The molecule has 1 fully saturated rings. The quantitative estimate of drug-likeness (QED) is 0.496. The Kier molecular flexibility index (Phi) is 6.05. The fraction of sp³-hybridized carbons (Fsp3) is 0.308. The second-order valence-corrected chi connectivity index (χ2v) is 8.31. The highest BCUT2D eigenvalue weighted by molar-refractivity contribution is 6.04. The van der Waals surface area contributed by atoms with Crippen LogP contribution < -0.4 is 16.0 Å². The lowest BCUT2D eigenvalue weighted by Crippen LogP contribution is -2.18. The lowest BCUT2D eigenvalue weighted by atomic mass is 9.94. The Bertz CT molecular complexity index is 1120. The van der Waals surface area contributed by atoms with Crippen molar-refractivity contribution in [3.8, 4) is 11.1 Å². The summed E-state index contributed by atoms with van der Waals surface area (Å²) in [6, 6.07) is 14.8. The minimum atomic E-state index is -0.189. The normalized spacial score (nSPS) is 13.2. The molecule has 5 nitrogen and oxygen atoms in total. The zero-order valence-electron chi connectivity index (χ0n) is 18.7. The predicted octanol–water partition coefficient (Wildman–Crippen LogP) is 5.22. The van der Waals surface area contributed by atoms with E-state index in [1.54, 1.807) is 0 Å². The van der Waals surface area contributed by atoms with Gasteiger partial charge in [0.1, 0.15) is 5.69 Å². The maximum atomic E-state index is 12.9. The smallest absolute Gasteiger partial charge is 0.274 e. The molecule has 2 aromatic carbocycles. The van der Waals surface area contributed by atoms with E-state index in [1.807, 2.05) is 51.4 Å². The molecule has 0 radical (unpaired) electrons. The highest BCUT2D eigenvalue weighted by Gasteiger charge is 2.20. The molecular formula is C26H30N4O. The lowest BCUT2D eigenvalue weighted by molar-refractivity contribution is 0.102. The summed E-state index contributed by atoms with van der Waals surface area (Å²) in [5.74, 6) is -0.189. The van der Waals surface area contributed by atoms with Gasteiger partial charge in [0.25, 0.3) is 5.91 Å². The van der Waals surface area contributed by atoms with Gasteiger partial charge >= 0.3 is 0 Å². The Morgan fingerprint density at radius 3 is 2.26 bits per heavy atom. The fourth-order valence-electron chi connectivity index (χ4n) is 3.88. The zero-order chi connectivity index (χ0) is 22.0. The summed E-state index contributed by atoms with van der Waals surface area (Å²) < 4.78 is 0. The van der Waals surface area contributed by atoms with E-state index >= 15 is 0 Å². The fourth-order valence-corrected chi connectivity index (χ4v) is 3.88. The molecule has 1 aromatic heterocycles. The first kappa shape index (κ1) is 21.1. The third kappa shape index (κ3) is 4.62. The summed E-state index contributed by atoms with van der Waals surface area (Å²) in [4.78, 5) is 17.3. The number of amides is 1. The first-order chi connectivity index (χ1) is 15.0. The molecule has 0 unspecified atom stereocenters. The van der Waals surface area contributed by atoms with Gasteiger partial charge in [0, 0.05) is 37.2 Å². The van der Waals surface area contributed by atoms with Gasteiger partial charge in [-0.3, -0.25) is 9.78 Å². The third-order valence-electron chi connectivity index (χ3n) is 6.09. The van der Waals surface area contributed by atoms with Crippen LogP contribution in [0.2, 0.25) is 0 Å². The number of hydrogen-bond donors (Lipinski definition) is 3. The maximum Gasteiger partial charge on any atom is 0.274 e. The Hall–Kier alpha value is -3.18. The molecule has 4 rings (SSSR count). The molecule has 1 aliphatic rings. The number of hydrogen-bond acceptors (Lipinski definition) is 4. The summed E-state index contributed by atoms with van der Waals surface area (Å²) >= 11 is 0. The molecule has 1 amide bonds. The topological polar surface area (TPSA) is 66.0 Å². The van der Waals surface area contributed by atoms with Gasteiger partial charge < -0.3 is 16.0 Å². The second kappa shape index (κ2) is 8.90. The number of benzene rings is 2. The van der Waals surface area contributed by atoms with E-state index in [0.29, 0.717) is 11.7 Å². The largest absolute Gasteiger partial charge is 0.388 e. The van der Waals surface area contributed by atoms with Crippen molar-refractivity contribution in [2.24, 2.45) is 0 Å². The van der Waals surface area contributed by atoms with Crippen LogP contribution in [-0.2, 0) is 6.54 Å². The van der Waals surface area contributed by atoms with Gasteiger partial charge in [-0.15, -0.1) is 0 Å². The van der Waals surface area contributed by atoms with Crippen LogP contribution in [0, 0.1) is 20.8 Å². The molecule has 0 saturated heterocycles. The summed E-state index contributed by atoms with van der Waals surface area (Å²) in [5.41, 5.74) is 9.04. The lowest BCUT2D eigenvalue weighted by Gasteiger charge is -2.16. The molecule has 0 bridgehead atoms. The average molecular weight is 415 g/mol. The number of pyridine rings is 1. The van der Waals surface area contributed by atoms with Gasteiger partial charge in [0.15, 0.2) is 0 Å². The Morgan fingerprint density at radius 2 is 1.65 bits per heavy atom. The van der Waals surface area contributed by atoms with Gasteiger partial charge in [0.05, 0.1) is 0 Å². The molecule has 0 spiro atoms. The van der Waals surface area contributed by atoms with Crippen LogP contribution in [0.1, 0.15) is 45.6 Å². The SMILES string of the molecule is CNc1cccc(-c2cccc(NC(=O)c3cc(C)c(CNC4CC4)cn3)c2C)c1C. The highest BCUT2D eigenvalue weighted by atomic mass is 16.1. The number of nitrogens with one attached hydrogen (secondary N) is 3. The number of carbonyl (C=O) groups is 1. The summed E-state index contributed by atoms with van der Waals surface area (Å²) in [6.07, 6.45) is 4.32. The van der Waals surface area contributed by atoms with Crippen molar-refractivity contribution >= 4 is 17.3 Å². The van der Waals surface area contributed by atoms with Crippen molar-refractivity contribution in [1.29, 1.82) is 0 Å². The van der Waals surface area contributed by atoms with Gasteiger partial charge in [-0.2, -0.15) is 0 Å². The Morgan fingerprint density at radius 1 is 1.00 bits per heavy atom. The van der Waals surface area contributed by atoms with E-state index in [4.69, 9.17) is 0 Å². The number of carbonyl (C=O) groups excluding carboxylic acids is 1. The van der Waals surface area contributed by atoms with Crippen LogP contribution in [0.5, 0.6) is 0 Å². The van der Waals surface area contributed by atoms with Gasteiger partial charge in [-0.1, -0.05) is 24.3 Å². The van der Waals surface area contributed by atoms with E-state index in [1.165, 1.54) is 18.4 Å². The Balaban J connectivity index is 1.55. The van der Waals surface area contributed by atoms with Crippen LogP contribution in [0.3, 0.4) is 0 Å². The van der Waals surface area contributed by atoms with E-state index in [9.17, 15) is 4.79 Å². The number of aromatic nitrogens is 1. The molecule has 1 saturated carbocycles. The summed E-state index contributed by atoms with van der Waals surface area (Å²) in [6.45, 7) is 6.99. The van der Waals surface area contributed by atoms with Crippen molar-refractivity contribution in [3.63, 3.8) is 0 Å². The number of aryl methyl sites for hydroxylation is 1. The predicted molar refractivity (Wildman–Crippen MR) is 128 cm³/mol. The summed E-state index contributed by atoms with van der Waals surface area (Å²) in [5, 5.41) is 9.80. The molecule has 0 aliphatic heterocycles. The number of nitrogens with zero attached hydrogens (tertiary/aromatic N) is 1. The number of anilines is 2. The minimum Gasteiger partial charge on any atom is -0.388 e. The van der Waals surface area contributed by atoms with E-state index < -0.39 is 0 Å². The monoisotopic (exact) mass is 414 g/mol. The zero-order valence-corrected chi connectivity index (χ0v) is 18.7. The molecular weight excluding hydrogens is 384 g/mol. The summed E-state index contributed by atoms with van der Waals surface area (Å²) in [7, 11) is 1.93.